The van der Waals surface area contributed by atoms with Gasteiger partial charge in [0.15, 0.2) is 0 Å². The lowest BCUT2D eigenvalue weighted by molar-refractivity contribution is -0.134. The van der Waals surface area contributed by atoms with Gasteiger partial charge in [-0.25, -0.2) is 4.39 Å². The van der Waals surface area contributed by atoms with E-state index in [1.54, 1.807) is 36.4 Å². The summed E-state index contributed by atoms with van der Waals surface area (Å²) in [6.45, 7) is 0. The van der Waals surface area contributed by atoms with Gasteiger partial charge in [0.25, 0.3) is 0 Å². The molecule has 0 atom stereocenters. The lowest BCUT2D eigenvalue weighted by Gasteiger charge is -2.03. The summed E-state index contributed by atoms with van der Waals surface area (Å²) in [5, 5.41) is 11.2. The zero-order valence-corrected chi connectivity index (χ0v) is 14.4. The van der Waals surface area contributed by atoms with Crippen LogP contribution in [0.4, 0.5) is 4.39 Å². The minimum atomic E-state index is -0.438. The van der Waals surface area contributed by atoms with Crippen LogP contribution in [0.2, 0.25) is 0 Å². The molecule has 140 valence electrons. The first-order chi connectivity index (χ1) is 13.7. The molecule has 2 aromatic heterocycles. The van der Waals surface area contributed by atoms with Crippen LogP contribution in [0.1, 0.15) is 12.3 Å². The first-order valence-corrected chi connectivity index (χ1v) is 8.33. The monoisotopic (exact) mass is 380 g/mol. The number of hydrogen-bond donors (Lipinski definition) is 0. The molecule has 4 aromatic rings. The van der Waals surface area contributed by atoms with Gasteiger partial charge in [-0.1, -0.05) is 5.16 Å². The highest BCUT2D eigenvalue weighted by atomic mass is 19.1. The molecule has 9 heteroatoms. The van der Waals surface area contributed by atoms with E-state index >= 15 is 0 Å². The minimum absolute atomic E-state index is 0.0659. The third-order valence-electron chi connectivity index (χ3n) is 3.81. The summed E-state index contributed by atoms with van der Waals surface area (Å²) in [4.78, 5) is 16.2. The average Bonchev–Trinajstić information content (AvgIpc) is 3.40. The van der Waals surface area contributed by atoms with Crippen molar-refractivity contribution in [1.82, 2.24) is 20.3 Å². The van der Waals surface area contributed by atoms with E-state index in [1.807, 2.05) is 0 Å². The summed E-state index contributed by atoms with van der Waals surface area (Å²) in [5.41, 5.74) is 1.34. The fourth-order valence-corrected chi connectivity index (χ4v) is 2.43. The van der Waals surface area contributed by atoms with Crippen molar-refractivity contribution in [3.63, 3.8) is 0 Å². The maximum Gasteiger partial charge on any atom is 0.311 e. The molecule has 0 spiro atoms. The molecule has 0 fully saturated rings. The standard InChI is InChI=1S/C19H13FN4O4/c20-14-5-1-12(2-6-14)18-22-16(28-24-18)9-10-17(25)27-15-7-3-13(4-8-15)19-23-21-11-26-19/h1-8,11H,9-10H2. The largest absolute Gasteiger partial charge is 0.427 e. The third-order valence-corrected chi connectivity index (χ3v) is 3.81. The molecule has 4 rings (SSSR count). The van der Waals surface area contributed by atoms with Crippen molar-refractivity contribution < 1.29 is 22.9 Å². The van der Waals surface area contributed by atoms with Gasteiger partial charge in [0.05, 0.1) is 6.42 Å². The van der Waals surface area contributed by atoms with Crippen molar-refractivity contribution in [3.05, 3.63) is 66.6 Å². The highest BCUT2D eigenvalue weighted by Crippen LogP contribution is 2.21. The first-order valence-electron chi connectivity index (χ1n) is 8.33. The van der Waals surface area contributed by atoms with Crippen LogP contribution in [0, 0.1) is 5.82 Å². The normalized spacial score (nSPS) is 10.8. The lowest BCUT2D eigenvalue weighted by Crippen LogP contribution is -2.09. The molecule has 28 heavy (non-hydrogen) atoms. The second-order valence-electron chi connectivity index (χ2n) is 5.76. The number of nitrogens with zero attached hydrogens (tertiary/aromatic N) is 4. The maximum atomic E-state index is 13.0. The molecule has 2 heterocycles. The van der Waals surface area contributed by atoms with Crippen LogP contribution in [0.15, 0.2) is 63.9 Å². The van der Waals surface area contributed by atoms with Gasteiger partial charge in [0.1, 0.15) is 11.6 Å². The molecular weight excluding hydrogens is 367 g/mol. The van der Waals surface area contributed by atoms with E-state index < -0.39 is 5.97 Å². The predicted octanol–water partition coefficient (Wildman–Crippen LogP) is 3.46. The van der Waals surface area contributed by atoms with Crippen LogP contribution < -0.4 is 4.74 Å². The van der Waals surface area contributed by atoms with E-state index in [9.17, 15) is 9.18 Å². The molecule has 0 radical (unpaired) electrons. The van der Waals surface area contributed by atoms with E-state index in [0.717, 1.165) is 5.56 Å². The molecule has 0 aliphatic rings. The molecule has 8 nitrogen and oxygen atoms in total. The molecule has 0 aliphatic carbocycles. The number of ether oxygens (including phenoxy) is 1. The van der Waals surface area contributed by atoms with Gasteiger partial charge in [-0.05, 0) is 48.5 Å². The van der Waals surface area contributed by atoms with Crippen molar-refractivity contribution in [2.75, 3.05) is 0 Å². The molecular formula is C19H13FN4O4. The zero-order chi connectivity index (χ0) is 19.3. The van der Waals surface area contributed by atoms with Gasteiger partial charge in [-0.3, -0.25) is 4.79 Å². The number of carbonyl (C=O) groups is 1. The van der Waals surface area contributed by atoms with Crippen LogP contribution in [0.25, 0.3) is 22.8 Å². The van der Waals surface area contributed by atoms with Gasteiger partial charge in [0, 0.05) is 17.5 Å². The van der Waals surface area contributed by atoms with Gasteiger partial charge < -0.3 is 13.7 Å². The van der Waals surface area contributed by atoms with E-state index in [-0.39, 0.29) is 18.7 Å². The topological polar surface area (TPSA) is 104 Å². The first kappa shape index (κ1) is 17.5. The Kier molecular flexibility index (Phi) is 4.87. The number of halogens is 1. The van der Waals surface area contributed by atoms with Crippen LogP contribution in [-0.4, -0.2) is 26.3 Å². The summed E-state index contributed by atoms with van der Waals surface area (Å²) in [6.07, 6.45) is 1.53. The fourth-order valence-electron chi connectivity index (χ4n) is 2.43. The number of rotatable bonds is 6. The van der Waals surface area contributed by atoms with Gasteiger partial charge in [0.2, 0.25) is 24.0 Å². The summed E-state index contributed by atoms with van der Waals surface area (Å²) >= 11 is 0. The van der Waals surface area contributed by atoms with E-state index in [2.05, 4.69) is 20.3 Å². The van der Waals surface area contributed by atoms with Gasteiger partial charge in [-0.15, -0.1) is 10.2 Å². The smallest absolute Gasteiger partial charge is 0.311 e. The number of aromatic nitrogens is 4. The number of aryl methyl sites for hydroxylation is 1. The summed E-state index contributed by atoms with van der Waals surface area (Å²) in [6, 6.07) is 12.4. The fraction of sp³-hybridized carbons (Fsp3) is 0.105. The van der Waals surface area contributed by atoms with E-state index in [4.69, 9.17) is 13.7 Å². The number of esters is 1. The van der Waals surface area contributed by atoms with Crippen LogP contribution in [-0.2, 0) is 11.2 Å². The summed E-state index contributed by atoms with van der Waals surface area (Å²) < 4.78 is 28.5. The second-order valence-corrected chi connectivity index (χ2v) is 5.76. The molecule has 2 aromatic carbocycles. The Morgan fingerprint density at radius 1 is 1.04 bits per heavy atom. The van der Waals surface area contributed by atoms with E-state index in [1.165, 1.54) is 18.5 Å². The summed E-state index contributed by atoms with van der Waals surface area (Å²) in [7, 11) is 0. The van der Waals surface area contributed by atoms with Crippen molar-refractivity contribution >= 4 is 5.97 Å². The Hall–Kier alpha value is -3.88. The Labute approximate surface area is 158 Å². The highest BCUT2D eigenvalue weighted by molar-refractivity contribution is 5.72. The van der Waals surface area contributed by atoms with Crippen LogP contribution in [0.5, 0.6) is 5.75 Å². The quantitative estimate of drug-likeness (QED) is 0.370. The van der Waals surface area contributed by atoms with Gasteiger partial charge in [-0.2, -0.15) is 4.98 Å². The number of carbonyl (C=O) groups excluding carboxylic acids is 1. The molecule has 0 amide bonds. The Morgan fingerprint density at radius 3 is 2.50 bits per heavy atom. The lowest BCUT2D eigenvalue weighted by atomic mass is 10.2. The van der Waals surface area contributed by atoms with Crippen molar-refractivity contribution in [1.29, 1.82) is 0 Å². The second kappa shape index (κ2) is 7.78. The molecule has 0 unspecified atom stereocenters. The number of benzene rings is 2. The van der Waals surface area contributed by atoms with E-state index in [0.29, 0.717) is 28.9 Å². The average molecular weight is 380 g/mol. The number of hydrogen-bond acceptors (Lipinski definition) is 8. The Bertz CT molecular complexity index is 1060. The maximum absolute atomic E-state index is 13.0. The van der Waals surface area contributed by atoms with Crippen LogP contribution in [0.3, 0.4) is 0 Å². The van der Waals surface area contributed by atoms with Gasteiger partial charge >= 0.3 is 5.97 Å². The molecule has 0 bridgehead atoms. The van der Waals surface area contributed by atoms with Crippen molar-refractivity contribution in [2.45, 2.75) is 12.8 Å². The SMILES string of the molecule is O=C(CCc1nc(-c2ccc(F)cc2)no1)Oc1ccc(-c2nnco2)cc1. The van der Waals surface area contributed by atoms with Crippen LogP contribution >= 0.6 is 0 Å². The molecule has 0 N–H and O–H groups in total. The summed E-state index contributed by atoms with van der Waals surface area (Å²) in [5.74, 6) is 0.618. The minimum Gasteiger partial charge on any atom is -0.427 e. The predicted molar refractivity (Wildman–Crippen MR) is 93.4 cm³/mol. The molecule has 0 saturated heterocycles. The Morgan fingerprint density at radius 2 is 1.79 bits per heavy atom. The zero-order valence-electron chi connectivity index (χ0n) is 14.4. The highest BCUT2D eigenvalue weighted by Gasteiger charge is 2.12. The molecule has 0 aliphatic heterocycles. The third kappa shape index (κ3) is 4.09. The van der Waals surface area contributed by atoms with Crippen molar-refractivity contribution in [3.8, 4) is 28.6 Å². The molecule has 0 saturated carbocycles. The van der Waals surface area contributed by atoms with Crippen molar-refractivity contribution in [2.24, 2.45) is 0 Å². The Balaban J connectivity index is 1.31.